The van der Waals surface area contributed by atoms with Gasteiger partial charge in [-0.3, -0.25) is 14.9 Å². The van der Waals surface area contributed by atoms with E-state index in [1.807, 2.05) is 0 Å². The van der Waals surface area contributed by atoms with Gasteiger partial charge in [0.15, 0.2) is 5.78 Å². The van der Waals surface area contributed by atoms with Crippen molar-refractivity contribution in [2.45, 2.75) is 57.5 Å². The van der Waals surface area contributed by atoms with Crippen molar-refractivity contribution >= 4 is 17.4 Å². The van der Waals surface area contributed by atoms with E-state index in [0.717, 1.165) is 18.4 Å². The molecule has 3 atom stereocenters. The number of ether oxygens (including phenoxy) is 2. The first kappa shape index (κ1) is 25.8. The lowest BCUT2D eigenvalue weighted by atomic mass is 9.71. The summed E-state index contributed by atoms with van der Waals surface area (Å²) in [7, 11) is 0. The molecule has 38 heavy (non-hydrogen) atoms. The standard InChI is InChI=1S/C29H29FN2O6/c1-16-5-6-19(13-24(16)32(35)36)27-26(29(34)38-15-22-4-3-11-37-22)17(2)31-23-12-20(14-25(33)28(23)27)18-7-9-21(30)10-8-18/h5-10,13,20,22,27,31H,3-4,11-12,14-15H2,1-2H3/t20-,22+,27-/m0/s1. The third-order valence-corrected chi connectivity index (χ3v) is 7.58. The molecule has 1 aliphatic carbocycles. The Hall–Kier alpha value is -3.85. The number of nitrogens with one attached hydrogen (secondary N) is 1. The van der Waals surface area contributed by atoms with Gasteiger partial charge in [-0.05, 0) is 62.3 Å². The van der Waals surface area contributed by atoms with E-state index in [9.17, 15) is 24.1 Å². The zero-order valence-electron chi connectivity index (χ0n) is 21.3. The summed E-state index contributed by atoms with van der Waals surface area (Å²) < 4.78 is 24.7. The zero-order valence-corrected chi connectivity index (χ0v) is 21.3. The molecule has 0 bridgehead atoms. The summed E-state index contributed by atoms with van der Waals surface area (Å²) in [5, 5.41) is 15.0. The molecule has 3 aliphatic rings. The number of hydrogen-bond donors (Lipinski definition) is 1. The van der Waals surface area contributed by atoms with Gasteiger partial charge in [-0.15, -0.1) is 0 Å². The topological polar surface area (TPSA) is 108 Å². The highest BCUT2D eigenvalue weighted by atomic mass is 19.1. The Morgan fingerprint density at radius 1 is 1.16 bits per heavy atom. The number of nitrogens with zero attached hydrogens (tertiary/aromatic N) is 1. The van der Waals surface area contributed by atoms with Gasteiger partial charge in [0.05, 0.1) is 16.6 Å². The van der Waals surface area contributed by atoms with Crippen molar-refractivity contribution in [3.8, 4) is 0 Å². The number of nitro benzene ring substituents is 1. The van der Waals surface area contributed by atoms with Gasteiger partial charge in [0.25, 0.3) is 5.69 Å². The number of carbonyl (C=O) groups is 2. The largest absolute Gasteiger partial charge is 0.459 e. The number of dihydropyridines is 1. The van der Waals surface area contributed by atoms with Gasteiger partial charge in [-0.25, -0.2) is 9.18 Å². The van der Waals surface area contributed by atoms with E-state index in [0.29, 0.717) is 41.1 Å². The van der Waals surface area contributed by atoms with Crippen LogP contribution >= 0.6 is 0 Å². The van der Waals surface area contributed by atoms with Gasteiger partial charge in [0, 0.05) is 47.5 Å². The summed E-state index contributed by atoms with van der Waals surface area (Å²) in [5.41, 5.74) is 3.59. The summed E-state index contributed by atoms with van der Waals surface area (Å²) in [4.78, 5) is 38.4. The predicted octanol–water partition coefficient (Wildman–Crippen LogP) is 5.13. The molecule has 1 N–H and O–H groups in total. The molecular formula is C29H29FN2O6. The monoisotopic (exact) mass is 520 g/mol. The first-order chi connectivity index (χ1) is 18.2. The second kappa shape index (κ2) is 10.5. The Labute approximate surface area is 219 Å². The van der Waals surface area contributed by atoms with E-state index in [2.05, 4.69) is 5.32 Å². The maximum Gasteiger partial charge on any atom is 0.336 e. The fourth-order valence-electron chi connectivity index (χ4n) is 5.64. The number of rotatable bonds is 6. The van der Waals surface area contributed by atoms with Crippen LogP contribution in [0.5, 0.6) is 0 Å². The first-order valence-corrected chi connectivity index (χ1v) is 12.8. The summed E-state index contributed by atoms with van der Waals surface area (Å²) in [6.07, 6.45) is 2.19. The SMILES string of the molecule is CC1=C(C(=O)OC[C@H]2CCCO2)[C@H](c2ccc(C)c([N+](=O)[O-])c2)C2=C(C[C@H](c3ccc(F)cc3)CC2=O)N1. The van der Waals surface area contributed by atoms with E-state index in [-0.39, 0.29) is 47.9 Å². The predicted molar refractivity (Wildman–Crippen MR) is 137 cm³/mol. The summed E-state index contributed by atoms with van der Waals surface area (Å²) >= 11 is 0. The number of hydrogen-bond acceptors (Lipinski definition) is 7. The Morgan fingerprint density at radius 3 is 2.58 bits per heavy atom. The van der Waals surface area contributed by atoms with Crippen molar-refractivity contribution < 1.29 is 28.4 Å². The Balaban J connectivity index is 1.55. The van der Waals surface area contributed by atoms with Gasteiger partial charge in [0.2, 0.25) is 0 Å². The molecule has 0 saturated carbocycles. The van der Waals surface area contributed by atoms with Crippen molar-refractivity contribution in [1.29, 1.82) is 0 Å². The third-order valence-electron chi connectivity index (χ3n) is 7.58. The van der Waals surface area contributed by atoms with E-state index in [4.69, 9.17) is 9.47 Å². The van der Waals surface area contributed by atoms with Crippen molar-refractivity contribution in [1.82, 2.24) is 5.32 Å². The van der Waals surface area contributed by atoms with Gasteiger partial charge in [-0.1, -0.05) is 24.3 Å². The van der Waals surface area contributed by atoms with E-state index >= 15 is 0 Å². The molecule has 1 fully saturated rings. The summed E-state index contributed by atoms with van der Waals surface area (Å²) in [5.74, 6) is -2.08. The minimum atomic E-state index is -0.816. The molecule has 5 rings (SSSR count). The molecule has 9 heteroatoms. The summed E-state index contributed by atoms with van der Waals surface area (Å²) in [6.45, 7) is 4.12. The zero-order chi connectivity index (χ0) is 27.0. The lowest BCUT2D eigenvalue weighted by Crippen LogP contribution is -2.36. The lowest BCUT2D eigenvalue weighted by Gasteiger charge is -2.36. The van der Waals surface area contributed by atoms with E-state index < -0.39 is 16.8 Å². The van der Waals surface area contributed by atoms with Crippen molar-refractivity contribution in [2.24, 2.45) is 0 Å². The number of allylic oxidation sites excluding steroid dienone is 3. The van der Waals surface area contributed by atoms with Crippen molar-refractivity contribution in [3.05, 3.63) is 97.6 Å². The Morgan fingerprint density at radius 2 is 1.89 bits per heavy atom. The van der Waals surface area contributed by atoms with Crippen LogP contribution in [0.4, 0.5) is 10.1 Å². The van der Waals surface area contributed by atoms with Gasteiger partial charge >= 0.3 is 5.97 Å². The van der Waals surface area contributed by atoms with Crippen LogP contribution in [0.25, 0.3) is 0 Å². The maximum atomic E-state index is 13.7. The second-order valence-electron chi connectivity index (χ2n) is 10.1. The van der Waals surface area contributed by atoms with Gasteiger partial charge in [0.1, 0.15) is 12.4 Å². The molecule has 0 amide bonds. The fraction of sp³-hybridized carbons (Fsp3) is 0.379. The first-order valence-electron chi connectivity index (χ1n) is 12.8. The molecule has 198 valence electrons. The minimum absolute atomic E-state index is 0.0830. The number of Topliss-reactive ketones (excluding diaryl/α,β-unsaturated/α-hetero) is 1. The number of aryl methyl sites for hydroxylation is 1. The fourth-order valence-corrected chi connectivity index (χ4v) is 5.64. The van der Waals surface area contributed by atoms with Crippen LogP contribution < -0.4 is 5.32 Å². The molecule has 0 spiro atoms. The Kier molecular flexibility index (Phi) is 7.12. The molecule has 2 heterocycles. The number of ketones is 1. The molecule has 0 aromatic heterocycles. The number of halogens is 1. The van der Waals surface area contributed by atoms with Crippen LogP contribution in [-0.2, 0) is 19.1 Å². The molecule has 0 unspecified atom stereocenters. The number of nitro groups is 1. The molecule has 2 aromatic carbocycles. The number of benzene rings is 2. The molecule has 1 saturated heterocycles. The van der Waals surface area contributed by atoms with Crippen LogP contribution in [0.2, 0.25) is 0 Å². The van der Waals surface area contributed by atoms with Crippen LogP contribution in [0.3, 0.4) is 0 Å². The smallest absolute Gasteiger partial charge is 0.336 e. The molecule has 8 nitrogen and oxygen atoms in total. The van der Waals surface area contributed by atoms with Crippen LogP contribution in [0, 0.1) is 22.9 Å². The normalized spacial score (nSPS) is 23.2. The highest BCUT2D eigenvalue weighted by Gasteiger charge is 2.42. The van der Waals surface area contributed by atoms with Crippen molar-refractivity contribution in [2.75, 3.05) is 13.2 Å². The molecule has 2 aliphatic heterocycles. The summed E-state index contributed by atoms with van der Waals surface area (Å²) in [6, 6.07) is 10.9. The highest BCUT2D eigenvalue weighted by Crippen LogP contribution is 2.46. The molecular weight excluding hydrogens is 491 g/mol. The molecule has 0 radical (unpaired) electrons. The maximum absolute atomic E-state index is 13.7. The molecule has 2 aromatic rings. The average Bonchev–Trinajstić information content (AvgIpc) is 3.41. The second-order valence-corrected chi connectivity index (χ2v) is 10.1. The van der Waals surface area contributed by atoms with Crippen LogP contribution in [0.1, 0.15) is 61.1 Å². The van der Waals surface area contributed by atoms with Crippen molar-refractivity contribution in [3.63, 3.8) is 0 Å². The van der Waals surface area contributed by atoms with Gasteiger partial charge < -0.3 is 14.8 Å². The lowest BCUT2D eigenvalue weighted by molar-refractivity contribution is -0.385. The van der Waals surface area contributed by atoms with Crippen LogP contribution in [-0.4, -0.2) is 36.0 Å². The van der Waals surface area contributed by atoms with E-state index in [1.54, 1.807) is 38.1 Å². The number of esters is 1. The number of carbonyl (C=O) groups excluding carboxylic acids is 2. The average molecular weight is 521 g/mol. The minimum Gasteiger partial charge on any atom is -0.459 e. The van der Waals surface area contributed by atoms with Gasteiger partial charge in [-0.2, -0.15) is 0 Å². The quantitative estimate of drug-likeness (QED) is 0.320. The Bertz CT molecular complexity index is 1360. The highest BCUT2D eigenvalue weighted by molar-refractivity contribution is 6.04. The van der Waals surface area contributed by atoms with Crippen LogP contribution in [0.15, 0.2) is 65.0 Å². The van der Waals surface area contributed by atoms with E-state index in [1.165, 1.54) is 18.2 Å². The third kappa shape index (κ3) is 4.98.